The first-order valence-corrected chi connectivity index (χ1v) is 10.8. The number of nitrogens with zero attached hydrogens (tertiary/aromatic N) is 4. The van der Waals surface area contributed by atoms with Crippen LogP contribution < -0.4 is 10.6 Å². The largest absolute Gasteiger partial charge is 0.381 e. The summed E-state index contributed by atoms with van der Waals surface area (Å²) >= 11 is 0. The minimum Gasteiger partial charge on any atom is -0.381 e. The molecule has 0 aromatic carbocycles. The predicted octanol–water partition coefficient (Wildman–Crippen LogP) is 4.44. The second-order valence-electron chi connectivity index (χ2n) is 8.99. The van der Waals surface area contributed by atoms with E-state index in [9.17, 15) is 4.79 Å². The van der Waals surface area contributed by atoms with Gasteiger partial charge in [0.2, 0.25) is 0 Å². The van der Waals surface area contributed by atoms with Gasteiger partial charge in [-0.2, -0.15) is 0 Å². The van der Waals surface area contributed by atoms with Gasteiger partial charge in [0.15, 0.2) is 5.82 Å². The molecule has 9 heteroatoms. The molecule has 4 rings (SSSR count). The normalized spacial score (nSPS) is 14.8. The van der Waals surface area contributed by atoms with Crippen molar-refractivity contribution >= 4 is 17.7 Å². The van der Waals surface area contributed by atoms with Crippen molar-refractivity contribution < 1.29 is 14.1 Å². The van der Waals surface area contributed by atoms with Crippen LogP contribution in [0.1, 0.15) is 45.2 Å². The molecule has 32 heavy (non-hydrogen) atoms. The maximum Gasteiger partial charge on any atom is 0.326 e. The zero-order chi connectivity index (χ0) is 22.6. The quantitative estimate of drug-likeness (QED) is 0.607. The van der Waals surface area contributed by atoms with Crippen LogP contribution in [0.25, 0.3) is 11.1 Å². The molecule has 2 N–H and O–H groups in total. The first-order valence-electron chi connectivity index (χ1n) is 10.8. The highest BCUT2D eigenvalue weighted by Gasteiger charge is 2.20. The molecule has 1 aliphatic rings. The molecule has 1 fully saturated rings. The monoisotopic (exact) mass is 436 g/mol. The van der Waals surface area contributed by atoms with E-state index in [2.05, 4.69) is 30.7 Å². The van der Waals surface area contributed by atoms with Crippen LogP contribution in [0.15, 0.2) is 41.3 Å². The number of nitrogens with one attached hydrogen (secondary N) is 2. The van der Waals surface area contributed by atoms with Gasteiger partial charge in [-0.3, -0.25) is 10.6 Å². The summed E-state index contributed by atoms with van der Waals surface area (Å²) in [6, 6.07) is 4.86. The Bertz CT molecular complexity index is 1030. The fraction of sp³-hybridized carbons (Fsp3) is 0.435. The molecule has 168 valence electrons. The van der Waals surface area contributed by atoms with Crippen LogP contribution in [0.3, 0.4) is 0 Å². The highest BCUT2D eigenvalue weighted by atomic mass is 16.5. The molecule has 0 aliphatic carbocycles. The van der Waals surface area contributed by atoms with Gasteiger partial charge in [-0.1, -0.05) is 25.9 Å². The van der Waals surface area contributed by atoms with E-state index in [4.69, 9.17) is 9.26 Å². The summed E-state index contributed by atoms with van der Waals surface area (Å²) in [6.07, 6.45) is 8.31. The SMILES string of the molecule is CC(C)(C)c1cc(NC(=O)Nc2ccc(-c3cnc(CC4CCOCC4)nc3)cn2)no1. The molecule has 0 saturated carbocycles. The Morgan fingerprint density at radius 3 is 2.31 bits per heavy atom. The third-order valence-electron chi connectivity index (χ3n) is 5.35. The lowest BCUT2D eigenvalue weighted by molar-refractivity contribution is 0.0660. The molecule has 4 heterocycles. The molecule has 1 saturated heterocycles. The second kappa shape index (κ2) is 9.44. The van der Waals surface area contributed by atoms with Gasteiger partial charge in [-0.25, -0.2) is 19.7 Å². The first-order chi connectivity index (χ1) is 15.4. The minimum atomic E-state index is -0.445. The first kappa shape index (κ1) is 21.9. The molecular weight excluding hydrogens is 408 g/mol. The number of pyridine rings is 1. The van der Waals surface area contributed by atoms with Crippen molar-refractivity contribution in [1.29, 1.82) is 0 Å². The van der Waals surface area contributed by atoms with E-state index < -0.39 is 6.03 Å². The van der Waals surface area contributed by atoms with Gasteiger partial charge in [-0.15, -0.1) is 0 Å². The smallest absolute Gasteiger partial charge is 0.326 e. The number of urea groups is 1. The Balaban J connectivity index is 1.32. The molecule has 0 spiro atoms. The summed E-state index contributed by atoms with van der Waals surface area (Å²) in [5, 5.41) is 9.21. The van der Waals surface area contributed by atoms with E-state index in [1.54, 1.807) is 18.3 Å². The fourth-order valence-corrected chi connectivity index (χ4v) is 3.41. The van der Waals surface area contributed by atoms with Crippen LogP contribution >= 0.6 is 0 Å². The van der Waals surface area contributed by atoms with Gasteiger partial charge in [0, 0.05) is 60.8 Å². The number of hydrogen-bond acceptors (Lipinski definition) is 7. The van der Waals surface area contributed by atoms with E-state index in [-0.39, 0.29) is 5.41 Å². The molecular formula is C23H28N6O3. The van der Waals surface area contributed by atoms with Crippen molar-refractivity contribution in [1.82, 2.24) is 20.1 Å². The lowest BCUT2D eigenvalue weighted by atomic mass is 9.93. The number of carbonyl (C=O) groups is 1. The Hall–Kier alpha value is -3.33. The number of aromatic nitrogens is 4. The summed E-state index contributed by atoms with van der Waals surface area (Å²) < 4.78 is 10.7. The highest BCUT2D eigenvalue weighted by molar-refractivity contribution is 5.98. The Labute approximate surface area is 187 Å². The van der Waals surface area contributed by atoms with Crippen molar-refractivity contribution in [2.45, 2.75) is 45.4 Å². The molecule has 9 nitrogen and oxygen atoms in total. The lowest BCUT2D eigenvalue weighted by Gasteiger charge is -2.21. The summed E-state index contributed by atoms with van der Waals surface area (Å²) in [5.74, 6) is 2.90. The minimum absolute atomic E-state index is 0.187. The van der Waals surface area contributed by atoms with Crippen LogP contribution in [0.4, 0.5) is 16.4 Å². The molecule has 0 atom stereocenters. The third-order valence-corrected chi connectivity index (χ3v) is 5.35. The Morgan fingerprint density at radius 1 is 1.00 bits per heavy atom. The van der Waals surface area contributed by atoms with E-state index in [0.717, 1.165) is 49.4 Å². The average molecular weight is 437 g/mol. The number of ether oxygens (including phenoxy) is 1. The summed E-state index contributed by atoms with van der Waals surface area (Å²) in [5.41, 5.74) is 1.56. The van der Waals surface area contributed by atoms with Crippen molar-refractivity contribution in [3.63, 3.8) is 0 Å². The fourth-order valence-electron chi connectivity index (χ4n) is 3.41. The molecule has 3 aromatic rings. The zero-order valence-corrected chi connectivity index (χ0v) is 18.6. The van der Waals surface area contributed by atoms with Crippen molar-refractivity contribution in [2.24, 2.45) is 5.92 Å². The highest BCUT2D eigenvalue weighted by Crippen LogP contribution is 2.25. The lowest BCUT2D eigenvalue weighted by Crippen LogP contribution is -2.20. The van der Waals surface area contributed by atoms with E-state index >= 15 is 0 Å². The number of carbonyl (C=O) groups excluding carboxylic acids is 1. The molecule has 3 aromatic heterocycles. The van der Waals surface area contributed by atoms with Gasteiger partial charge in [-0.05, 0) is 30.9 Å². The Kier molecular flexibility index (Phi) is 6.45. The van der Waals surface area contributed by atoms with Gasteiger partial charge in [0.05, 0.1) is 0 Å². The standard InChI is InChI=1S/C23H28N6O3/c1-23(2,3)18-11-21(29-32-18)28-22(30)27-19-5-4-16(12-24-19)17-13-25-20(26-14-17)10-15-6-8-31-9-7-15/h4-5,11-15H,6-10H2,1-3H3,(H2,24,27,28,29,30). The van der Waals surface area contributed by atoms with Crippen molar-refractivity contribution in [3.05, 3.63) is 48.4 Å². The topological polar surface area (TPSA) is 115 Å². The molecule has 0 radical (unpaired) electrons. The number of rotatable bonds is 5. The maximum atomic E-state index is 12.2. The van der Waals surface area contributed by atoms with Crippen LogP contribution in [0, 0.1) is 5.92 Å². The van der Waals surface area contributed by atoms with E-state index in [0.29, 0.717) is 23.3 Å². The van der Waals surface area contributed by atoms with Gasteiger partial charge >= 0.3 is 6.03 Å². The summed E-state index contributed by atoms with van der Waals surface area (Å²) in [7, 11) is 0. The number of hydrogen-bond donors (Lipinski definition) is 2. The number of anilines is 2. The maximum absolute atomic E-state index is 12.2. The van der Waals surface area contributed by atoms with Crippen molar-refractivity contribution in [2.75, 3.05) is 23.8 Å². The van der Waals surface area contributed by atoms with Gasteiger partial charge in [0.1, 0.15) is 17.4 Å². The Morgan fingerprint density at radius 2 is 1.69 bits per heavy atom. The van der Waals surface area contributed by atoms with Crippen molar-refractivity contribution in [3.8, 4) is 11.1 Å². The van der Waals surface area contributed by atoms with Crippen LogP contribution in [-0.4, -0.2) is 39.4 Å². The summed E-state index contributed by atoms with van der Waals surface area (Å²) in [4.78, 5) is 25.6. The van der Waals surface area contributed by atoms with Gasteiger partial charge in [0.25, 0.3) is 0 Å². The predicted molar refractivity (Wildman–Crippen MR) is 120 cm³/mol. The van der Waals surface area contributed by atoms with Crippen LogP contribution in [-0.2, 0) is 16.6 Å². The molecule has 2 amide bonds. The van der Waals surface area contributed by atoms with Crippen LogP contribution in [0.5, 0.6) is 0 Å². The molecule has 1 aliphatic heterocycles. The van der Waals surface area contributed by atoms with Crippen LogP contribution in [0.2, 0.25) is 0 Å². The third kappa shape index (κ3) is 5.67. The van der Waals surface area contributed by atoms with E-state index in [1.165, 1.54) is 0 Å². The molecule has 0 unspecified atom stereocenters. The zero-order valence-electron chi connectivity index (χ0n) is 18.6. The summed E-state index contributed by atoms with van der Waals surface area (Å²) in [6.45, 7) is 7.67. The van der Waals surface area contributed by atoms with E-state index in [1.807, 2.05) is 39.2 Å². The second-order valence-corrected chi connectivity index (χ2v) is 8.99. The molecule has 0 bridgehead atoms. The average Bonchev–Trinajstić information content (AvgIpc) is 3.25. The van der Waals surface area contributed by atoms with Gasteiger partial charge < -0.3 is 9.26 Å². The number of amides is 2.